The van der Waals surface area contributed by atoms with Crippen LogP contribution in [0.4, 0.5) is 0 Å². The van der Waals surface area contributed by atoms with Crippen LogP contribution >= 0.6 is 0 Å². The topological polar surface area (TPSA) is 44.8 Å². The Hall–Kier alpha value is -0.870. The van der Waals surface area contributed by atoms with Crippen molar-refractivity contribution < 1.29 is 19.0 Å². The molecular weight excluding hydrogens is 280 g/mol. The van der Waals surface area contributed by atoms with E-state index in [1.165, 1.54) is 6.42 Å². The highest BCUT2D eigenvalue weighted by Gasteiger charge is 2.15. The van der Waals surface area contributed by atoms with Crippen LogP contribution in [0.3, 0.4) is 0 Å². The molecule has 0 amide bonds. The molecule has 1 aliphatic rings. The number of rotatable bonds is 10. The third-order valence-electron chi connectivity index (χ3n) is 3.86. The first-order valence-electron chi connectivity index (χ1n) is 8.63. The molecule has 4 nitrogen and oxygen atoms in total. The molecule has 0 aromatic rings. The second kappa shape index (κ2) is 10.8. The molecule has 22 heavy (non-hydrogen) atoms. The molecule has 1 heterocycles. The van der Waals surface area contributed by atoms with Gasteiger partial charge in [-0.3, -0.25) is 0 Å². The zero-order chi connectivity index (χ0) is 16.3. The molecule has 0 radical (unpaired) electrons. The van der Waals surface area contributed by atoms with Gasteiger partial charge in [-0.2, -0.15) is 0 Å². The Kier molecular flexibility index (Phi) is 9.41. The summed E-state index contributed by atoms with van der Waals surface area (Å²) in [5, 5.41) is 0. The van der Waals surface area contributed by atoms with Gasteiger partial charge in [0.15, 0.2) is 6.29 Å². The van der Waals surface area contributed by atoms with Gasteiger partial charge in [-0.05, 0) is 44.4 Å². The number of ether oxygens (including phenoxy) is 3. The van der Waals surface area contributed by atoms with Crippen LogP contribution in [0, 0.1) is 5.41 Å². The van der Waals surface area contributed by atoms with E-state index in [4.69, 9.17) is 14.2 Å². The molecule has 0 aliphatic carbocycles. The third kappa shape index (κ3) is 9.21. The number of carbonyl (C=O) groups excluding carboxylic acids is 1. The van der Waals surface area contributed by atoms with E-state index in [2.05, 4.69) is 13.8 Å². The van der Waals surface area contributed by atoms with Gasteiger partial charge in [0.2, 0.25) is 0 Å². The fourth-order valence-electron chi connectivity index (χ4n) is 2.48. The van der Waals surface area contributed by atoms with Crippen LogP contribution < -0.4 is 0 Å². The Morgan fingerprint density at radius 2 is 2.09 bits per heavy atom. The molecule has 1 atom stereocenters. The van der Waals surface area contributed by atoms with Gasteiger partial charge in [-0.1, -0.05) is 32.8 Å². The SMILES string of the molecule is CCOC(=O)/C=C/C(C)(C)CCCCCOC1CCCCO1. The monoisotopic (exact) mass is 312 g/mol. The maximum atomic E-state index is 11.3. The molecule has 0 aromatic carbocycles. The summed E-state index contributed by atoms with van der Waals surface area (Å²) in [4.78, 5) is 11.3. The lowest BCUT2D eigenvalue weighted by atomic mass is 9.86. The first-order chi connectivity index (χ1) is 10.5. The van der Waals surface area contributed by atoms with Crippen LogP contribution in [0.25, 0.3) is 0 Å². The highest BCUT2D eigenvalue weighted by molar-refractivity contribution is 5.81. The Morgan fingerprint density at radius 1 is 1.27 bits per heavy atom. The Balaban J connectivity index is 2.05. The molecular formula is C18H32O4. The van der Waals surface area contributed by atoms with E-state index in [0.717, 1.165) is 51.7 Å². The van der Waals surface area contributed by atoms with Gasteiger partial charge >= 0.3 is 5.97 Å². The van der Waals surface area contributed by atoms with Crippen molar-refractivity contribution in [1.82, 2.24) is 0 Å². The van der Waals surface area contributed by atoms with Crippen LogP contribution in [0.2, 0.25) is 0 Å². The average molecular weight is 312 g/mol. The Bertz CT molecular complexity index is 330. The summed E-state index contributed by atoms with van der Waals surface area (Å²) in [5.74, 6) is -0.253. The van der Waals surface area contributed by atoms with Crippen molar-refractivity contribution in [1.29, 1.82) is 0 Å². The third-order valence-corrected chi connectivity index (χ3v) is 3.86. The summed E-state index contributed by atoms with van der Waals surface area (Å²) in [5.41, 5.74) is 0.0279. The number of esters is 1. The van der Waals surface area contributed by atoms with Gasteiger partial charge in [0, 0.05) is 19.3 Å². The lowest BCUT2D eigenvalue weighted by Gasteiger charge is -2.23. The van der Waals surface area contributed by atoms with Gasteiger partial charge < -0.3 is 14.2 Å². The first kappa shape index (κ1) is 19.2. The van der Waals surface area contributed by atoms with Crippen LogP contribution in [-0.2, 0) is 19.0 Å². The van der Waals surface area contributed by atoms with Crippen molar-refractivity contribution in [2.24, 2.45) is 5.41 Å². The van der Waals surface area contributed by atoms with Crippen LogP contribution in [0.15, 0.2) is 12.2 Å². The molecule has 1 aliphatic heterocycles. The molecule has 1 saturated heterocycles. The molecule has 128 valence electrons. The Labute approximate surface area is 135 Å². The summed E-state index contributed by atoms with van der Waals surface area (Å²) in [6.45, 7) is 8.16. The van der Waals surface area contributed by atoms with Crippen LogP contribution in [0.5, 0.6) is 0 Å². The number of carbonyl (C=O) groups is 1. The van der Waals surface area contributed by atoms with E-state index in [-0.39, 0.29) is 17.7 Å². The minimum atomic E-state index is -0.253. The fourth-order valence-corrected chi connectivity index (χ4v) is 2.48. The summed E-state index contributed by atoms with van der Waals surface area (Å²) in [6, 6.07) is 0. The first-order valence-corrected chi connectivity index (χ1v) is 8.63. The Morgan fingerprint density at radius 3 is 2.77 bits per heavy atom. The van der Waals surface area contributed by atoms with Gasteiger partial charge in [0.25, 0.3) is 0 Å². The van der Waals surface area contributed by atoms with E-state index >= 15 is 0 Å². The minimum absolute atomic E-state index is 0.0257. The van der Waals surface area contributed by atoms with E-state index in [0.29, 0.717) is 6.61 Å². The maximum absolute atomic E-state index is 11.3. The normalized spacial score (nSPS) is 19.5. The molecule has 0 saturated carbocycles. The molecule has 4 heteroatoms. The van der Waals surface area contributed by atoms with Crippen molar-refractivity contribution in [3.05, 3.63) is 12.2 Å². The summed E-state index contributed by atoms with van der Waals surface area (Å²) in [7, 11) is 0. The largest absolute Gasteiger partial charge is 0.463 e. The predicted molar refractivity (Wildman–Crippen MR) is 87.6 cm³/mol. The molecule has 0 spiro atoms. The number of unbranched alkanes of at least 4 members (excludes halogenated alkanes) is 2. The van der Waals surface area contributed by atoms with Gasteiger partial charge in [0.1, 0.15) is 0 Å². The lowest BCUT2D eigenvalue weighted by molar-refractivity contribution is -0.162. The van der Waals surface area contributed by atoms with Crippen molar-refractivity contribution >= 4 is 5.97 Å². The zero-order valence-corrected chi connectivity index (χ0v) is 14.4. The van der Waals surface area contributed by atoms with Crippen LogP contribution in [0.1, 0.15) is 65.7 Å². The van der Waals surface area contributed by atoms with E-state index < -0.39 is 0 Å². The number of allylic oxidation sites excluding steroid dienone is 1. The van der Waals surface area contributed by atoms with Crippen molar-refractivity contribution in [2.45, 2.75) is 72.0 Å². The smallest absolute Gasteiger partial charge is 0.330 e. The van der Waals surface area contributed by atoms with Gasteiger partial charge in [0.05, 0.1) is 6.61 Å². The van der Waals surface area contributed by atoms with Crippen molar-refractivity contribution in [3.8, 4) is 0 Å². The lowest BCUT2D eigenvalue weighted by Crippen LogP contribution is -2.22. The summed E-state index contributed by atoms with van der Waals surface area (Å²) in [6.07, 6.45) is 11.3. The average Bonchev–Trinajstić information content (AvgIpc) is 2.50. The van der Waals surface area contributed by atoms with E-state index in [9.17, 15) is 4.79 Å². The molecule has 1 fully saturated rings. The highest BCUT2D eigenvalue weighted by Crippen LogP contribution is 2.25. The zero-order valence-electron chi connectivity index (χ0n) is 14.4. The summed E-state index contributed by atoms with van der Waals surface area (Å²) < 4.78 is 16.2. The molecule has 0 bridgehead atoms. The van der Waals surface area contributed by atoms with E-state index in [1.807, 2.05) is 13.0 Å². The molecule has 0 N–H and O–H groups in total. The number of hydrogen-bond acceptors (Lipinski definition) is 4. The quantitative estimate of drug-likeness (QED) is 0.344. The van der Waals surface area contributed by atoms with Gasteiger partial charge in [-0.15, -0.1) is 0 Å². The molecule has 1 unspecified atom stereocenters. The predicted octanol–water partition coefficient (Wildman–Crippen LogP) is 4.24. The molecule has 1 rings (SSSR count). The minimum Gasteiger partial charge on any atom is -0.463 e. The van der Waals surface area contributed by atoms with Gasteiger partial charge in [-0.25, -0.2) is 4.79 Å². The van der Waals surface area contributed by atoms with Crippen molar-refractivity contribution in [2.75, 3.05) is 19.8 Å². The second-order valence-corrected chi connectivity index (χ2v) is 6.55. The standard InChI is InChI=1S/C18H32O4/c1-4-20-16(19)11-13-18(2,3)12-7-5-8-14-21-17-10-6-9-15-22-17/h11,13,17H,4-10,12,14-15H2,1-3H3/b13-11+. The number of hydrogen-bond donors (Lipinski definition) is 0. The summed E-state index contributed by atoms with van der Waals surface area (Å²) >= 11 is 0. The van der Waals surface area contributed by atoms with Crippen molar-refractivity contribution in [3.63, 3.8) is 0 Å². The fraction of sp³-hybridized carbons (Fsp3) is 0.833. The highest BCUT2D eigenvalue weighted by atomic mass is 16.7. The molecule has 0 aromatic heterocycles. The maximum Gasteiger partial charge on any atom is 0.330 e. The van der Waals surface area contributed by atoms with E-state index in [1.54, 1.807) is 6.08 Å². The van der Waals surface area contributed by atoms with Crippen LogP contribution in [-0.4, -0.2) is 32.1 Å². The second-order valence-electron chi connectivity index (χ2n) is 6.55.